The number of hydrogen-bond donors (Lipinski definition) is 0. The van der Waals surface area contributed by atoms with Gasteiger partial charge in [-0.2, -0.15) is 0 Å². The first kappa shape index (κ1) is 21.4. The third kappa shape index (κ3) is 9.41. The lowest BCUT2D eigenvalue weighted by Crippen LogP contribution is -2.30. The predicted octanol–water partition coefficient (Wildman–Crippen LogP) is 4.08. The summed E-state index contributed by atoms with van der Waals surface area (Å²) in [4.78, 5) is 11.2. The van der Waals surface area contributed by atoms with Crippen molar-refractivity contribution in [2.45, 2.75) is 90.6 Å². The molecule has 130 valence electrons. The van der Waals surface area contributed by atoms with E-state index in [1.807, 2.05) is 0 Å². The van der Waals surface area contributed by atoms with Gasteiger partial charge in [0.1, 0.15) is 10.5 Å². The molecule has 0 aliphatic heterocycles. The molecular weight excluding hydrogens is 292 g/mol. The molecule has 0 aromatic rings. The van der Waals surface area contributed by atoms with E-state index < -0.39 is 0 Å². The van der Waals surface area contributed by atoms with Gasteiger partial charge in [-0.3, -0.25) is 0 Å². The maximum atomic E-state index is 11.2. The summed E-state index contributed by atoms with van der Waals surface area (Å²) in [5.74, 6) is -0.267. The van der Waals surface area contributed by atoms with Crippen molar-refractivity contribution in [2.24, 2.45) is 0 Å². The van der Waals surface area contributed by atoms with E-state index in [-0.39, 0.29) is 11.6 Å². The second-order valence-corrected chi connectivity index (χ2v) is 6.64. The van der Waals surface area contributed by atoms with Gasteiger partial charge in [-0.05, 0) is 32.6 Å². The average Bonchev–Trinajstić information content (AvgIpc) is 2.53. The number of hydrogen-bond acceptors (Lipinski definition) is 3. The molecule has 22 heavy (non-hydrogen) atoms. The van der Waals surface area contributed by atoms with Crippen molar-refractivity contribution in [1.82, 2.24) is 0 Å². The van der Waals surface area contributed by atoms with Gasteiger partial charge in [0.05, 0.1) is 12.2 Å². The van der Waals surface area contributed by atoms with Crippen LogP contribution in [0.1, 0.15) is 85.0 Å². The normalized spacial score (nSPS) is 11.6. The van der Waals surface area contributed by atoms with Crippen molar-refractivity contribution in [1.29, 1.82) is 0 Å². The molecule has 0 heterocycles. The van der Waals surface area contributed by atoms with Gasteiger partial charge in [-0.1, -0.05) is 59.0 Å². The van der Waals surface area contributed by atoms with E-state index in [4.69, 9.17) is 9.16 Å². The molecule has 0 atom stereocenters. The molecule has 0 radical (unpaired) electrons. The van der Waals surface area contributed by atoms with E-state index >= 15 is 0 Å². The second kappa shape index (κ2) is 12.9. The Morgan fingerprint density at radius 2 is 1.50 bits per heavy atom. The minimum Gasteiger partial charge on any atom is -0.462 e. The second-order valence-electron chi connectivity index (χ2n) is 6.24. The van der Waals surface area contributed by atoms with Crippen molar-refractivity contribution in [2.75, 3.05) is 6.61 Å². The van der Waals surface area contributed by atoms with Crippen LogP contribution in [-0.2, 0) is 14.0 Å². The summed E-state index contributed by atoms with van der Waals surface area (Å²) in [5, 5.41) is 0. The van der Waals surface area contributed by atoms with Gasteiger partial charge in [0.2, 0.25) is 0 Å². The maximum absolute atomic E-state index is 11.2. The molecule has 0 saturated carbocycles. The van der Waals surface area contributed by atoms with Gasteiger partial charge in [0, 0.05) is 5.57 Å². The summed E-state index contributed by atoms with van der Waals surface area (Å²) in [5.41, 5.74) is 0.647. The zero-order chi connectivity index (χ0) is 16.8. The fraction of sp³-hybridized carbons (Fsp3) is 0.833. The average molecular weight is 329 g/mol. The largest absolute Gasteiger partial charge is 0.462 e. The number of carbonyl (C=O) groups is 1. The maximum Gasteiger partial charge on any atom is 0.333 e. The molecule has 0 amide bonds. The minimum absolute atomic E-state index is 0.166. The van der Waals surface area contributed by atoms with Crippen molar-refractivity contribution in [3.63, 3.8) is 0 Å². The summed E-state index contributed by atoms with van der Waals surface area (Å²) in [6.07, 6.45) is 12.0. The van der Waals surface area contributed by atoms with Crippen LogP contribution < -0.4 is 0 Å². The Balaban J connectivity index is 3.44. The number of carbonyl (C=O) groups excluding carboxylic acids is 1. The Hall–Kier alpha value is -0.613. The van der Waals surface area contributed by atoms with Crippen LogP contribution in [0, 0.1) is 0 Å². The van der Waals surface area contributed by atoms with Crippen LogP contribution in [0.25, 0.3) is 0 Å². The van der Waals surface area contributed by atoms with Crippen LogP contribution in [0.4, 0.5) is 0 Å². The van der Waals surface area contributed by atoms with Gasteiger partial charge in [0.15, 0.2) is 0 Å². The van der Waals surface area contributed by atoms with Gasteiger partial charge in [-0.15, -0.1) is 0 Å². The summed E-state index contributed by atoms with van der Waals surface area (Å²) < 4.78 is 10.9. The number of unbranched alkanes of at least 4 members (excludes halogenated alkanes) is 6. The van der Waals surface area contributed by atoms with E-state index in [1.165, 1.54) is 38.5 Å². The molecule has 0 rings (SSSR count). The van der Waals surface area contributed by atoms with Crippen molar-refractivity contribution >= 4 is 16.5 Å². The van der Waals surface area contributed by atoms with E-state index in [1.54, 1.807) is 6.92 Å². The Morgan fingerprint density at radius 1 is 1.00 bits per heavy atom. The quantitative estimate of drug-likeness (QED) is 0.209. The van der Waals surface area contributed by atoms with Crippen LogP contribution in [-0.4, -0.2) is 28.7 Å². The predicted molar refractivity (Wildman–Crippen MR) is 97.0 cm³/mol. The summed E-state index contributed by atoms with van der Waals surface area (Å²) >= 11 is 0. The minimum atomic E-state index is -0.267. The standard InChI is InChI=1S/C18H36O3Si/c1-5-18(6-2,21-22)14-12-10-8-7-9-11-13-15-20-17(19)16(3)4/h3,5-15H2,1-2,4,22H3. The molecule has 0 aliphatic rings. The van der Waals surface area contributed by atoms with E-state index in [9.17, 15) is 4.79 Å². The Kier molecular flexibility index (Phi) is 12.5. The molecular formula is C18H36O3Si. The molecule has 0 fully saturated rings. The lowest BCUT2D eigenvalue weighted by atomic mass is 9.90. The van der Waals surface area contributed by atoms with Gasteiger partial charge in [-0.25, -0.2) is 4.79 Å². The van der Waals surface area contributed by atoms with Crippen LogP contribution in [0.3, 0.4) is 0 Å². The summed E-state index contributed by atoms with van der Waals surface area (Å²) in [6.45, 7) is 10.2. The number of ether oxygens (including phenoxy) is 1. The Labute approximate surface area is 140 Å². The summed E-state index contributed by atoms with van der Waals surface area (Å²) in [7, 11) is 0.842. The van der Waals surface area contributed by atoms with Crippen molar-refractivity contribution in [3.8, 4) is 0 Å². The third-order valence-corrected chi connectivity index (χ3v) is 5.45. The number of esters is 1. The zero-order valence-electron chi connectivity index (χ0n) is 15.2. The smallest absolute Gasteiger partial charge is 0.333 e. The van der Waals surface area contributed by atoms with E-state index in [2.05, 4.69) is 20.4 Å². The highest BCUT2D eigenvalue weighted by molar-refractivity contribution is 5.98. The molecule has 0 N–H and O–H groups in total. The van der Waals surface area contributed by atoms with Gasteiger partial charge in [0.25, 0.3) is 0 Å². The van der Waals surface area contributed by atoms with Crippen molar-refractivity contribution < 1.29 is 14.0 Å². The fourth-order valence-corrected chi connectivity index (χ4v) is 3.50. The molecule has 0 aromatic carbocycles. The molecule has 0 aromatic heterocycles. The highest BCUT2D eigenvalue weighted by Gasteiger charge is 2.23. The third-order valence-electron chi connectivity index (χ3n) is 4.58. The lowest BCUT2D eigenvalue weighted by Gasteiger charge is -2.31. The first-order valence-electron chi connectivity index (χ1n) is 8.89. The lowest BCUT2D eigenvalue weighted by molar-refractivity contribution is -0.139. The molecule has 0 unspecified atom stereocenters. The van der Waals surface area contributed by atoms with Crippen LogP contribution in [0.15, 0.2) is 12.2 Å². The van der Waals surface area contributed by atoms with Crippen LogP contribution in [0.5, 0.6) is 0 Å². The SMILES string of the molecule is C=C(C)C(=O)OCCCCCCCCCC(CC)(CC)O[SiH3]. The monoisotopic (exact) mass is 328 g/mol. The van der Waals surface area contributed by atoms with Gasteiger partial charge >= 0.3 is 5.97 Å². The Morgan fingerprint density at radius 3 is 1.95 bits per heavy atom. The number of rotatable bonds is 14. The first-order valence-corrected chi connectivity index (χ1v) is 9.70. The molecule has 4 heteroatoms. The highest BCUT2D eigenvalue weighted by Crippen LogP contribution is 2.26. The molecule has 0 aliphatic carbocycles. The van der Waals surface area contributed by atoms with E-state index in [0.29, 0.717) is 12.2 Å². The first-order chi connectivity index (χ1) is 10.5. The topological polar surface area (TPSA) is 35.5 Å². The highest BCUT2D eigenvalue weighted by atomic mass is 28.2. The molecule has 0 spiro atoms. The zero-order valence-corrected chi connectivity index (χ0v) is 17.2. The summed E-state index contributed by atoms with van der Waals surface area (Å²) in [6, 6.07) is 0. The van der Waals surface area contributed by atoms with Gasteiger partial charge < -0.3 is 9.16 Å². The molecule has 0 saturated heterocycles. The molecule has 3 nitrogen and oxygen atoms in total. The fourth-order valence-electron chi connectivity index (χ4n) is 2.72. The van der Waals surface area contributed by atoms with Crippen molar-refractivity contribution in [3.05, 3.63) is 12.2 Å². The van der Waals surface area contributed by atoms with E-state index in [0.717, 1.165) is 36.2 Å². The van der Waals surface area contributed by atoms with Crippen LogP contribution in [0.2, 0.25) is 0 Å². The van der Waals surface area contributed by atoms with Crippen LogP contribution >= 0.6 is 0 Å². The molecule has 0 bridgehead atoms. The Bertz CT molecular complexity index is 303.